The zero-order chi connectivity index (χ0) is 14.6. The number of halogens is 1. The van der Waals surface area contributed by atoms with E-state index in [1.165, 1.54) is 12.1 Å². The van der Waals surface area contributed by atoms with Gasteiger partial charge in [-0.25, -0.2) is 0 Å². The van der Waals surface area contributed by atoms with Gasteiger partial charge >= 0.3 is 5.97 Å². The normalized spacial score (nSPS) is 11.9. The Morgan fingerprint density at radius 3 is 2.79 bits per heavy atom. The molecule has 1 unspecified atom stereocenters. The predicted octanol–water partition coefficient (Wildman–Crippen LogP) is 1.50. The highest BCUT2D eigenvalue weighted by atomic mass is 79.9. The number of ether oxygens (including phenoxy) is 1. The van der Waals surface area contributed by atoms with Crippen molar-refractivity contribution in [1.29, 1.82) is 0 Å². The summed E-state index contributed by atoms with van der Waals surface area (Å²) in [6.45, 7) is 1.84. The first-order valence-corrected chi connectivity index (χ1v) is 6.24. The Labute approximate surface area is 117 Å². The summed E-state index contributed by atoms with van der Waals surface area (Å²) in [7, 11) is 0. The third-order valence-electron chi connectivity index (χ3n) is 2.37. The van der Waals surface area contributed by atoms with E-state index in [-0.39, 0.29) is 34.5 Å². The number of benzene rings is 1. The predicted molar refractivity (Wildman–Crippen MR) is 70.8 cm³/mol. The molecule has 0 saturated carbocycles. The average molecular weight is 333 g/mol. The lowest BCUT2D eigenvalue weighted by Gasteiger charge is -2.11. The quantitative estimate of drug-likeness (QED) is 0.479. The van der Waals surface area contributed by atoms with Gasteiger partial charge in [-0.1, -0.05) is 0 Å². The molecular formula is C11H13BrN2O5. The van der Waals surface area contributed by atoms with E-state index in [1.807, 2.05) is 0 Å². The molecule has 8 heteroatoms. The molecule has 1 rings (SSSR count). The van der Waals surface area contributed by atoms with E-state index < -0.39 is 16.9 Å². The van der Waals surface area contributed by atoms with Crippen LogP contribution in [0.1, 0.15) is 12.5 Å². The van der Waals surface area contributed by atoms with Gasteiger partial charge in [0.25, 0.3) is 5.69 Å². The number of rotatable bonds is 5. The molecule has 3 N–H and O–H groups in total. The number of esters is 1. The minimum absolute atomic E-state index is 0.0429. The number of nitro groups is 1. The Kier molecular flexibility index (Phi) is 5.25. The van der Waals surface area contributed by atoms with Gasteiger partial charge in [0.15, 0.2) is 0 Å². The molecule has 0 amide bonds. The second-order valence-corrected chi connectivity index (χ2v) is 4.61. The van der Waals surface area contributed by atoms with Crippen molar-refractivity contribution in [2.24, 2.45) is 5.73 Å². The van der Waals surface area contributed by atoms with Gasteiger partial charge in [-0.05, 0) is 22.9 Å². The summed E-state index contributed by atoms with van der Waals surface area (Å²) in [4.78, 5) is 21.6. The van der Waals surface area contributed by atoms with Crippen molar-refractivity contribution < 1.29 is 19.6 Å². The Hall–Kier alpha value is -1.67. The first kappa shape index (κ1) is 15.4. The summed E-state index contributed by atoms with van der Waals surface area (Å²) in [5, 5.41) is 20.5. The van der Waals surface area contributed by atoms with Crippen LogP contribution in [0, 0.1) is 10.1 Å². The fourth-order valence-electron chi connectivity index (χ4n) is 1.47. The molecule has 0 bridgehead atoms. The maximum Gasteiger partial charge on any atom is 0.323 e. The molecule has 104 valence electrons. The van der Waals surface area contributed by atoms with Crippen molar-refractivity contribution in [3.8, 4) is 5.75 Å². The number of carbonyl (C=O) groups excluding carboxylic acids is 1. The molecule has 0 aliphatic carbocycles. The summed E-state index contributed by atoms with van der Waals surface area (Å²) in [5.41, 5.74) is 5.61. The fourth-order valence-corrected chi connectivity index (χ4v) is 1.94. The van der Waals surface area contributed by atoms with E-state index in [4.69, 9.17) is 10.5 Å². The van der Waals surface area contributed by atoms with Crippen molar-refractivity contribution in [1.82, 2.24) is 0 Å². The summed E-state index contributed by atoms with van der Waals surface area (Å²) in [5.74, 6) is -0.787. The first-order valence-electron chi connectivity index (χ1n) is 5.44. The Morgan fingerprint density at radius 2 is 2.26 bits per heavy atom. The van der Waals surface area contributed by atoms with Crippen LogP contribution in [0.4, 0.5) is 5.69 Å². The number of hydrogen-bond acceptors (Lipinski definition) is 6. The Balaban J connectivity index is 2.98. The fraction of sp³-hybridized carbons (Fsp3) is 0.364. The van der Waals surface area contributed by atoms with Crippen LogP contribution >= 0.6 is 15.9 Å². The number of nitrogens with two attached hydrogens (primary N) is 1. The van der Waals surface area contributed by atoms with E-state index in [0.717, 1.165) is 0 Å². The van der Waals surface area contributed by atoms with Gasteiger partial charge in [0.1, 0.15) is 11.8 Å². The van der Waals surface area contributed by atoms with Gasteiger partial charge < -0.3 is 15.6 Å². The number of phenolic OH excluding ortho intramolecular Hbond substituents is 1. The van der Waals surface area contributed by atoms with Crippen LogP contribution < -0.4 is 5.73 Å². The topological polar surface area (TPSA) is 116 Å². The molecule has 0 saturated heterocycles. The zero-order valence-corrected chi connectivity index (χ0v) is 11.7. The lowest BCUT2D eigenvalue weighted by atomic mass is 10.0. The summed E-state index contributed by atoms with van der Waals surface area (Å²) in [6.07, 6.45) is -0.0429. The number of phenols is 1. The van der Waals surface area contributed by atoms with Gasteiger partial charge in [0.05, 0.1) is 16.0 Å². The van der Waals surface area contributed by atoms with Gasteiger partial charge in [-0.15, -0.1) is 0 Å². The molecule has 0 aliphatic heterocycles. The standard InChI is InChI=1S/C11H13BrN2O5/c1-2-19-11(16)8(13)3-6-4-9(14(17)18)7(12)5-10(6)15/h4-5,8,15H,2-3,13H2,1H3. The molecule has 0 aromatic heterocycles. The summed E-state index contributed by atoms with van der Waals surface area (Å²) < 4.78 is 4.88. The molecule has 7 nitrogen and oxygen atoms in total. The largest absolute Gasteiger partial charge is 0.508 e. The average Bonchev–Trinajstić information content (AvgIpc) is 2.32. The zero-order valence-electron chi connectivity index (χ0n) is 10.1. The van der Waals surface area contributed by atoms with E-state index in [0.29, 0.717) is 0 Å². The van der Waals surface area contributed by atoms with E-state index >= 15 is 0 Å². The van der Waals surface area contributed by atoms with E-state index in [2.05, 4.69) is 15.9 Å². The van der Waals surface area contributed by atoms with Gasteiger partial charge in [0, 0.05) is 24.1 Å². The smallest absolute Gasteiger partial charge is 0.323 e. The molecule has 0 heterocycles. The molecule has 1 atom stereocenters. The highest BCUT2D eigenvalue weighted by Gasteiger charge is 2.21. The van der Waals surface area contributed by atoms with Crippen LogP contribution in [0.3, 0.4) is 0 Å². The molecule has 0 spiro atoms. The molecule has 1 aromatic carbocycles. The van der Waals surface area contributed by atoms with Crippen molar-refractivity contribution in [3.05, 3.63) is 32.3 Å². The van der Waals surface area contributed by atoms with Gasteiger partial charge in [0.2, 0.25) is 0 Å². The maximum atomic E-state index is 11.4. The first-order chi connectivity index (χ1) is 8.86. The minimum atomic E-state index is -0.980. The maximum absolute atomic E-state index is 11.4. The number of hydrogen-bond donors (Lipinski definition) is 2. The second kappa shape index (κ2) is 6.48. The van der Waals surface area contributed by atoms with Crippen LogP contribution in [-0.4, -0.2) is 28.6 Å². The highest BCUT2D eigenvalue weighted by molar-refractivity contribution is 9.10. The van der Waals surface area contributed by atoms with E-state index in [1.54, 1.807) is 6.92 Å². The molecule has 0 radical (unpaired) electrons. The number of carbonyl (C=O) groups is 1. The summed E-state index contributed by atoms with van der Waals surface area (Å²) in [6, 6.07) is 1.40. The molecule has 0 aliphatic rings. The number of aromatic hydroxyl groups is 1. The minimum Gasteiger partial charge on any atom is -0.508 e. The van der Waals surface area contributed by atoms with Crippen molar-refractivity contribution in [3.63, 3.8) is 0 Å². The Morgan fingerprint density at radius 1 is 1.63 bits per heavy atom. The van der Waals surface area contributed by atoms with Crippen LogP contribution in [0.5, 0.6) is 5.75 Å². The van der Waals surface area contributed by atoms with Crippen LogP contribution in [0.15, 0.2) is 16.6 Å². The third-order valence-corrected chi connectivity index (χ3v) is 3.01. The lowest BCUT2D eigenvalue weighted by molar-refractivity contribution is -0.385. The van der Waals surface area contributed by atoms with Crippen LogP contribution in [0.2, 0.25) is 0 Å². The third kappa shape index (κ3) is 3.90. The highest BCUT2D eigenvalue weighted by Crippen LogP contribution is 2.32. The van der Waals surface area contributed by atoms with Crippen molar-refractivity contribution in [2.45, 2.75) is 19.4 Å². The van der Waals surface area contributed by atoms with Crippen molar-refractivity contribution >= 4 is 27.6 Å². The van der Waals surface area contributed by atoms with Gasteiger partial charge in [-0.2, -0.15) is 0 Å². The van der Waals surface area contributed by atoms with Crippen molar-refractivity contribution in [2.75, 3.05) is 6.61 Å². The monoisotopic (exact) mass is 332 g/mol. The van der Waals surface area contributed by atoms with Gasteiger partial charge in [-0.3, -0.25) is 14.9 Å². The van der Waals surface area contributed by atoms with E-state index in [9.17, 15) is 20.0 Å². The van der Waals surface area contributed by atoms with Crippen LogP contribution in [-0.2, 0) is 16.0 Å². The lowest BCUT2D eigenvalue weighted by Crippen LogP contribution is -2.34. The van der Waals surface area contributed by atoms with Crippen LogP contribution in [0.25, 0.3) is 0 Å². The number of nitro benzene ring substituents is 1. The molecule has 1 aromatic rings. The molecule has 19 heavy (non-hydrogen) atoms. The SMILES string of the molecule is CCOC(=O)C(N)Cc1cc([N+](=O)[O-])c(Br)cc1O. The summed E-state index contributed by atoms with van der Waals surface area (Å²) >= 11 is 2.98. The molecular weight excluding hydrogens is 320 g/mol. The molecule has 0 fully saturated rings. The number of nitrogens with zero attached hydrogens (tertiary/aromatic N) is 1. The second-order valence-electron chi connectivity index (χ2n) is 3.75. The Bertz CT molecular complexity index is 506.